The second-order valence-electron chi connectivity index (χ2n) is 3.99. The zero-order valence-corrected chi connectivity index (χ0v) is 10.9. The van der Waals surface area contributed by atoms with E-state index in [1.807, 2.05) is 0 Å². The van der Waals surface area contributed by atoms with E-state index in [0.717, 1.165) is 6.42 Å². The second-order valence-corrected chi connectivity index (χ2v) is 4.94. The Morgan fingerprint density at radius 1 is 1.50 bits per heavy atom. The SMILES string of the molecule is Cn1c(CN)nnc1SCC(=O)N1CCCC1=O. The zero-order chi connectivity index (χ0) is 13.1. The number of nitrogens with zero attached hydrogens (tertiary/aromatic N) is 4. The summed E-state index contributed by atoms with van der Waals surface area (Å²) in [4.78, 5) is 24.5. The fourth-order valence-corrected chi connectivity index (χ4v) is 2.57. The van der Waals surface area contributed by atoms with Crippen LogP contribution >= 0.6 is 11.8 Å². The molecule has 0 unspecified atom stereocenters. The lowest BCUT2D eigenvalue weighted by atomic mass is 10.4. The fourth-order valence-electron chi connectivity index (χ4n) is 1.76. The van der Waals surface area contributed by atoms with E-state index in [-0.39, 0.29) is 17.6 Å². The van der Waals surface area contributed by atoms with Crippen LogP contribution in [0.1, 0.15) is 18.7 Å². The van der Waals surface area contributed by atoms with E-state index in [1.54, 1.807) is 11.6 Å². The molecule has 1 aromatic heterocycles. The first-order valence-electron chi connectivity index (χ1n) is 5.68. The van der Waals surface area contributed by atoms with Gasteiger partial charge in [-0.2, -0.15) is 0 Å². The van der Waals surface area contributed by atoms with Crippen molar-refractivity contribution in [2.45, 2.75) is 24.5 Å². The number of imide groups is 1. The summed E-state index contributed by atoms with van der Waals surface area (Å²) in [5, 5.41) is 8.48. The van der Waals surface area contributed by atoms with E-state index in [2.05, 4.69) is 10.2 Å². The van der Waals surface area contributed by atoms with Crippen LogP contribution in [-0.4, -0.2) is 43.8 Å². The van der Waals surface area contributed by atoms with Gasteiger partial charge in [-0.1, -0.05) is 11.8 Å². The van der Waals surface area contributed by atoms with Crippen molar-refractivity contribution in [2.24, 2.45) is 12.8 Å². The molecule has 1 aromatic rings. The number of rotatable bonds is 4. The molecule has 7 nitrogen and oxygen atoms in total. The summed E-state index contributed by atoms with van der Waals surface area (Å²) < 4.78 is 1.75. The van der Waals surface area contributed by atoms with Crippen LogP contribution in [0.25, 0.3) is 0 Å². The molecule has 0 aliphatic carbocycles. The minimum Gasteiger partial charge on any atom is -0.324 e. The van der Waals surface area contributed by atoms with E-state index < -0.39 is 0 Å². The Kier molecular flexibility index (Phi) is 3.97. The van der Waals surface area contributed by atoms with Crippen molar-refractivity contribution in [2.75, 3.05) is 12.3 Å². The molecule has 8 heteroatoms. The number of aromatic nitrogens is 3. The Labute approximate surface area is 109 Å². The van der Waals surface area contributed by atoms with Gasteiger partial charge in [0.15, 0.2) is 5.16 Å². The number of amides is 2. The van der Waals surface area contributed by atoms with E-state index in [4.69, 9.17) is 5.73 Å². The highest BCUT2D eigenvalue weighted by Crippen LogP contribution is 2.18. The summed E-state index contributed by atoms with van der Waals surface area (Å²) in [7, 11) is 1.80. The number of likely N-dealkylation sites (tertiary alicyclic amines) is 1. The molecule has 2 N–H and O–H groups in total. The third kappa shape index (κ3) is 2.54. The average Bonchev–Trinajstić information content (AvgIpc) is 2.93. The molecule has 1 aliphatic heterocycles. The van der Waals surface area contributed by atoms with E-state index in [0.29, 0.717) is 30.5 Å². The molecule has 18 heavy (non-hydrogen) atoms. The number of hydrogen-bond acceptors (Lipinski definition) is 6. The first kappa shape index (κ1) is 13.0. The highest BCUT2D eigenvalue weighted by atomic mass is 32.2. The Hall–Kier alpha value is -1.41. The summed E-state index contributed by atoms with van der Waals surface area (Å²) in [5.41, 5.74) is 5.49. The smallest absolute Gasteiger partial charge is 0.239 e. The normalized spacial score (nSPS) is 15.4. The first-order valence-corrected chi connectivity index (χ1v) is 6.66. The van der Waals surface area contributed by atoms with Gasteiger partial charge in [0.25, 0.3) is 0 Å². The van der Waals surface area contributed by atoms with Crippen LogP contribution in [0.15, 0.2) is 5.16 Å². The van der Waals surface area contributed by atoms with Gasteiger partial charge >= 0.3 is 0 Å². The monoisotopic (exact) mass is 269 g/mol. The molecule has 2 amide bonds. The topological polar surface area (TPSA) is 94.1 Å². The minimum atomic E-state index is -0.167. The highest BCUT2D eigenvalue weighted by Gasteiger charge is 2.26. The standard InChI is InChI=1S/C10H15N5O2S/c1-14-7(5-11)12-13-10(14)18-6-9(17)15-4-2-3-8(15)16/h2-6,11H2,1H3. The Morgan fingerprint density at radius 3 is 2.83 bits per heavy atom. The van der Waals surface area contributed by atoms with Gasteiger partial charge in [-0.25, -0.2) is 0 Å². The average molecular weight is 269 g/mol. The molecule has 1 fully saturated rings. The van der Waals surface area contributed by atoms with Gasteiger partial charge < -0.3 is 10.3 Å². The van der Waals surface area contributed by atoms with Crippen molar-refractivity contribution in [3.8, 4) is 0 Å². The number of carbonyl (C=O) groups is 2. The van der Waals surface area contributed by atoms with Crippen LogP contribution < -0.4 is 5.73 Å². The van der Waals surface area contributed by atoms with E-state index in [9.17, 15) is 9.59 Å². The molecular weight excluding hydrogens is 254 g/mol. The third-order valence-corrected chi connectivity index (χ3v) is 3.81. The highest BCUT2D eigenvalue weighted by molar-refractivity contribution is 7.99. The van der Waals surface area contributed by atoms with Crippen molar-refractivity contribution >= 4 is 23.6 Å². The van der Waals surface area contributed by atoms with Gasteiger partial charge in [0.05, 0.1) is 12.3 Å². The molecule has 0 aromatic carbocycles. The molecule has 98 valence electrons. The first-order chi connectivity index (χ1) is 8.63. The van der Waals surface area contributed by atoms with Crippen LogP contribution in [-0.2, 0) is 23.2 Å². The van der Waals surface area contributed by atoms with Crippen LogP contribution in [0.5, 0.6) is 0 Å². The van der Waals surface area contributed by atoms with Crippen molar-refractivity contribution in [3.05, 3.63) is 5.82 Å². The maximum absolute atomic E-state index is 11.8. The van der Waals surface area contributed by atoms with Crippen LogP contribution in [0, 0.1) is 0 Å². The lowest BCUT2D eigenvalue weighted by Crippen LogP contribution is -2.33. The lowest BCUT2D eigenvalue weighted by Gasteiger charge is -2.12. The predicted molar refractivity (Wildman–Crippen MR) is 65.6 cm³/mol. The van der Waals surface area contributed by atoms with E-state index >= 15 is 0 Å². The summed E-state index contributed by atoms with van der Waals surface area (Å²) in [6.07, 6.45) is 1.23. The number of thioether (sulfide) groups is 1. The predicted octanol–water partition coefficient (Wildman–Crippen LogP) is -0.485. The van der Waals surface area contributed by atoms with Crippen molar-refractivity contribution in [1.82, 2.24) is 19.7 Å². The Bertz CT molecular complexity index is 473. The van der Waals surface area contributed by atoms with Crippen LogP contribution in [0.2, 0.25) is 0 Å². The van der Waals surface area contributed by atoms with Gasteiger partial charge in [0, 0.05) is 20.0 Å². The van der Waals surface area contributed by atoms with Crippen molar-refractivity contribution in [3.63, 3.8) is 0 Å². The van der Waals surface area contributed by atoms with Crippen molar-refractivity contribution < 1.29 is 9.59 Å². The summed E-state index contributed by atoms with van der Waals surface area (Å²) in [6, 6.07) is 0. The molecule has 0 atom stereocenters. The molecule has 1 saturated heterocycles. The van der Waals surface area contributed by atoms with Gasteiger partial charge in [-0.05, 0) is 6.42 Å². The molecule has 0 bridgehead atoms. The second kappa shape index (κ2) is 5.49. The molecule has 2 heterocycles. The number of hydrogen-bond donors (Lipinski definition) is 1. The maximum Gasteiger partial charge on any atom is 0.239 e. The van der Waals surface area contributed by atoms with Crippen molar-refractivity contribution in [1.29, 1.82) is 0 Å². The summed E-state index contributed by atoms with van der Waals surface area (Å²) >= 11 is 1.27. The van der Waals surface area contributed by atoms with E-state index in [1.165, 1.54) is 16.7 Å². The Balaban J connectivity index is 1.93. The number of carbonyl (C=O) groups excluding carboxylic acids is 2. The van der Waals surface area contributed by atoms with Crippen LogP contribution in [0.3, 0.4) is 0 Å². The fraction of sp³-hybridized carbons (Fsp3) is 0.600. The molecule has 0 spiro atoms. The molecule has 1 aliphatic rings. The Morgan fingerprint density at radius 2 is 2.28 bits per heavy atom. The summed E-state index contributed by atoms with van der Waals surface area (Å²) in [5.74, 6) is 0.616. The third-order valence-electron chi connectivity index (χ3n) is 2.81. The van der Waals surface area contributed by atoms with Gasteiger partial charge in [0.1, 0.15) is 5.82 Å². The molecule has 0 radical (unpaired) electrons. The lowest BCUT2D eigenvalue weighted by molar-refractivity contribution is -0.140. The largest absolute Gasteiger partial charge is 0.324 e. The molecule has 2 rings (SSSR count). The molecule has 0 saturated carbocycles. The summed E-state index contributed by atoms with van der Waals surface area (Å²) in [6.45, 7) is 0.841. The minimum absolute atomic E-state index is 0.0822. The van der Waals surface area contributed by atoms with Gasteiger partial charge in [-0.3, -0.25) is 14.5 Å². The quantitative estimate of drug-likeness (QED) is 0.742. The van der Waals surface area contributed by atoms with Gasteiger partial charge in [-0.15, -0.1) is 10.2 Å². The maximum atomic E-state index is 11.8. The zero-order valence-electron chi connectivity index (χ0n) is 10.1. The number of nitrogens with two attached hydrogens (primary N) is 1. The van der Waals surface area contributed by atoms with Crippen LogP contribution in [0.4, 0.5) is 0 Å². The molecular formula is C10H15N5O2S. The van der Waals surface area contributed by atoms with Gasteiger partial charge in [0.2, 0.25) is 11.8 Å².